The number of rotatable bonds is 5. The molecule has 0 radical (unpaired) electrons. The minimum atomic E-state index is 0.286. The van der Waals surface area contributed by atoms with Gasteiger partial charge in [-0.25, -0.2) is 0 Å². The van der Waals surface area contributed by atoms with E-state index in [9.17, 15) is 0 Å². The number of fused-ring (bicyclic) bond motifs is 2. The van der Waals surface area contributed by atoms with Crippen LogP contribution in [0.1, 0.15) is 5.56 Å². The molecule has 146 valence electrons. The van der Waals surface area contributed by atoms with Crippen LogP contribution in [0.3, 0.4) is 0 Å². The van der Waals surface area contributed by atoms with E-state index in [0.29, 0.717) is 0 Å². The molecule has 30 heavy (non-hydrogen) atoms. The molecule has 1 N–H and O–H groups in total. The normalized spacial score (nSPS) is 11.2. The van der Waals surface area contributed by atoms with Gasteiger partial charge in [0.15, 0.2) is 0 Å². The van der Waals surface area contributed by atoms with Gasteiger partial charge in [-0.15, -0.1) is 0 Å². The Hall–Kier alpha value is -2.43. The van der Waals surface area contributed by atoms with Crippen molar-refractivity contribution in [2.45, 2.75) is 15.1 Å². The summed E-state index contributed by atoms with van der Waals surface area (Å²) < 4.78 is 2.29. The van der Waals surface area contributed by atoms with Gasteiger partial charge in [-0.1, -0.05) is 0 Å². The molecule has 5 heteroatoms. The third-order valence-corrected chi connectivity index (χ3v) is 9.36. The molecule has 0 saturated carbocycles. The van der Waals surface area contributed by atoms with Gasteiger partial charge in [0, 0.05) is 0 Å². The Labute approximate surface area is 190 Å². The monoisotopic (exact) mass is 490 g/mol. The Morgan fingerprint density at radius 3 is 2.43 bits per heavy atom. The van der Waals surface area contributed by atoms with Crippen molar-refractivity contribution >= 4 is 65.2 Å². The first-order chi connectivity index (χ1) is 14.8. The quantitative estimate of drug-likeness (QED) is 0.238. The van der Waals surface area contributed by atoms with Gasteiger partial charge in [-0.05, 0) is 0 Å². The fraction of sp³-hybridized carbons (Fsp3) is 0.0400. The molecular formula is C25H18N2S2Se. The minimum absolute atomic E-state index is 0.286. The zero-order chi connectivity index (χ0) is 20.3. The van der Waals surface area contributed by atoms with E-state index in [0.717, 1.165) is 31.1 Å². The molecule has 0 aliphatic carbocycles. The van der Waals surface area contributed by atoms with Crippen molar-refractivity contribution in [3.63, 3.8) is 0 Å². The van der Waals surface area contributed by atoms with Crippen LogP contribution in [0.2, 0.25) is 0 Å². The second kappa shape index (κ2) is 8.74. The Balaban J connectivity index is 1.57. The molecule has 2 nitrogen and oxygen atoms in total. The molecule has 0 amide bonds. The summed E-state index contributed by atoms with van der Waals surface area (Å²) in [5.74, 6) is 0. The van der Waals surface area contributed by atoms with E-state index in [2.05, 4.69) is 71.7 Å². The van der Waals surface area contributed by atoms with Crippen molar-refractivity contribution in [3.05, 3.63) is 101 Å². The number of para-hydroxylation sites is 2. The van der Waals surface area contributed by atoms with Gasteiger partial charge in [0.2, 0.25) is 0 Å². The summed E-state index contributed by atoms with van der Waals surface area (Å²) in [4.78, 5) is 10.4. The fourth-order valence-electron chi connectivity index (χ4n) is 3.39. The molecule has 0 fully saturated rings. The molecular weight excluding hydrogens is 471 g/mol. The topological polar surface area (TPSA) is 28.7 Å². The van der Waals surface area contributed by atoms with Crippen LogP contribution in [-0.2, 0) is 5.32 Å². The molecule has 2 heterocycles. The zero-order valence-electron chi connectivity index (χ0n) is 16.0. The third-order valence-electron chi connectivity index (χ3n) is 4.89. The van der Waals surface area contributed by atoms with Crippen molar-refractivity contribution in [1.82, 2.24) is 9.97 Å². The first kappa shape index (κ1) is 19.5. The maximum absolute atomic E-state index is 5.82. The SMILES string of the molecule is S=c1c(Sc2cnc3ccccc3c2[Se]Cc2ccccc2)c[nH]c2ccccc12. The zero-order valence-corrected chi connectivity index (χ0v) is 19.4. The summed E-state index contributed by atoms with van der Waals surface area (Å²) in [5, 5.41) is 3.39. The molecule has 0 unspecified atom stereocenters. The van der Waals surface area contributed by atoms with Crippen molar-refractivity contribution in [1.29, 1.82) is 0 Å². The number of aromatic amines is 1. The Morgan fingerprint density at radius 1 is 0.833 bits per heavy atom. The fourth-order valence-corrected chi connectivity index (χ4v) is 7.34. The standard InChI is InChI=1S/C25H18N2S2Se/c28-24-18-10-4-6-12-20(18)26-14-22(24)29-23-15-27-21-13-7-5-11-19(21)25(23)30-16-17-8-2-1-3-9-17/h1-15H,16H2,(H,26,28). The van der Waals surface area contributed by atoms with E-state index < -0.39 is 0 Å². The molecule has 0 saturated heterocycles. The molecule has 0 spiro atoms. The Bertz CT molecular complexity index is 1400. The van der Waals surface area contributed by atoms with Gasteiger partial charge >= 0.3 is 192 Å². The molecule has 3 aromatic carbocycles. The summed E-state index contributed by atoms with van der Waals surface area (Å²) in [5.41, 5.74) is 3.49. The van der Waals surface area contributed by atoms with Gasteiger partial charge in [-0.3, -0.25) is 0 Å². The summed E-state index contributed by atoms with van der Waals surface area (Å²) in [6, 6.07) is 27.3. The van der Waals surface area contributed by atoms with Crippen LogP contribution >= 0.6 is 24.0 Å². The van der Waals surface area contributed by atoms with Crippen molar-refractivity contribution in [2.24, 2.45) is 0 Å². The average molecular weight is 490 g/mol. The first-order valence-corrected chi connectivity index (χ1v) is 12.9. The van der Waals surface area contributed by atoms with E-state index in [-0.39, 0.29) is 15.0 Å². The van der Waals surface area contributed by atoms with Crippen LogP contribution < -0.4 is 4.46 Å². The molecule has 0 aliphatic heterocycles. The average Bonchev–Trinajstić information content (AvgIpc) is 2.81. The van der Waals surface area contributed by atoms with E-state index >= 15 is 0 Å². The molecule has 5 rings (SSSR count). The van der Waals surface area contributed by atoms with Crippen LogP contribution in [0, 0.1) is 4.51 Å². The summed E-state index contributed by atoms with van der Waals surface area (Å²) in [6.45, 7) is 0. The van der Waals surface area contributed by atoms with Gasteiger partial charge in [0.05, 0.1) is 0 Å². The number of benzene rings is 3. The molecule has 0 aliphatic rings. The predicted molar refractivity (Wildman–Crippen MR) is 131 cm³/mol. The first-order valence-electron chi connectivity index (χ1n) is 9.62. The number of H-pyrrole nitrogens is 1. The molecule has 0 atom stereocenters. The van der Waals surface area contributed by atoms with E-state index in [4.69, 9.17) is 17.2 Å². The van der Waals surface area contributed by atoms with Crippen LogP contribution in [0.25, 0.3) is 21.8 Å². The summed E-state index contributed by atoms with van der Waals surface area (Å²) >= 11 is 7.83. The number of aromatic nitrogens is 2. The van der Waals surface area contributed by atoms with Gasteiger partial charge in [-0.2, -0.15) is 0 Å². The second-order valence-electron chi connectivity index (χ2n) is 6.87. The number of hydrogen-bond donors (Lipinski definition) is 1. The third kappa shape index (κ3) is 3.94. The van der Waals surface area contributed by atoms with Crippen molar-refractivity contribution in [3.8, 4) is 0 Å². The van der Waals surface area contributed by atoms with Crippen LogP contribution in [0.4, 0.5) is 0 Å². The number of nitrogens with zero attached hydrogens (tertiary/aromatic N) is 1. The Kier molecular flexibility index (Phi) is 5.69. The van der Waals surface area contributed by atoms with Crippen LogP contribution in [-0.4, -0.2) is 24.9 Å². The Morgan fingerprint density at radius 2 is 1.57 bits per heavy atom. The van der Waals surface area contributed by atoms with E-state index in [1.54, 1.807) is 11.8 Å². The molecule has 5 aromatic rings. The van der Waals surface area contributed by atoms with Crippen molar-refractivity contribution in [2.75, 3.05) is 0 Å². The summed E-state index contributed by atoms with van der Waals surface area (Å²) in [6.07, 6.45) is 4.04. The second-order valence-corrected chi connectivity index (χ2v) is 10.4. The molecule has 2 aromatic heterocycles. The van der Waals surface area contributed by atoms with Crippen LogP contribution in [0.5, 0.6) is 0 Å². The predicted octanol–water partition coefficient (Wildman–Crippen LogP) is 6.13. The number of pyridine rings is 2. The van der Waals surface area contributed by atoms with Crippen molar-refractivity contribution < 1.29 is 0 Å². The molecule has 0 bridgehead atoms. The number of hydrogen-bond acceptors (Lipinski definition) is 3. The van der Waals surface area contributed by atoms with E-state index in [1.165, 1.54) is 20.3 Å². The maximum atomic E-state index is 5.82. The van der Waals surface area contributed by atoms with Gasteiger partial charge < -0.3 is 0 Å². The number of nitrogens with one attached hydrogen (secondary N) is 1. The van der Waals surface area contributed by atoms with Crippen LogP contribution in [0.15, 0.2) is 101 Å². The van der Waals surface area contributed by atoms with Gasteiger partial charge in [0.25, 0.3) is 0 Å². The van der Waals surface area contributed by atoms with E-state index in [1.807, 2.05) is 24.5 Å². The summed E-state index contributed by atoms with van der Waals surface area (Å²) in [7, 11) is 0. The van der Waals surface area contributed by atoms with Gasteiger partial charge in [0.1, 0.15) is 0 Å².